The van der Waals surface area contributed by atoms with Gasteiger partial charge in [0, 0.05) is 18.7 Å². The second-order valence-electron chi connectivity index (χ2n) is 15.5. The average molecular weight is 863 g/mol. The van der Waals surface area contributed by atoms with Crippen molar-refractivity contribution >= 4 is 38.8 Å². The number of carbonyl (C=O) groups excluding carboxylic acids is 2. The average Bonchev–Trinajstić information content (AvgIpc) is 4.06. The number of hydrogen-bond acceptors (Lipinski definition) is 7. The molecule has 4 heterocycles. The zero-order valence-corrected chi connectivity index (χ0v) is 36.0. The molecule has 324 valence electrons. The van der Waals surface area contributed by atoms with E-state index in [9.17, 15) is 9.59 Å². The monoisotopic (exact) mass is 862 g/mol. The molecule has 2 saturated heterocycles. The molecule has 61 heavy (non-hydrogen) atoms. The van der Waals surface area contributed by atoms with E-state index in [1.54, 1.807) is 0 Å². The van der Waals surface area contributed by atoms with Crippen LogP contribution in [0.2, 0.25) is 0 Å². The summed E-state index contributed by atoms with van der Waals surface area (Å²) in [6.45, 7) is 1.41. The Bertz CT molecular complexity index is 2300. The molecule has 2 aromatic heterocycles. The fourth-order valence-electron chi connectivity index (χ4n) is 8.41. The highest BCUT2D eigenvalue weighted by Gasteiger charge is 2.38. The van der Waals surface area contributed by atoms with Gasteiger partial charge in [-0.2, -0.15) is 27.0 Å². The minimum absolute atomic E-state index is 0. The molecule has 0 aliphatic carbocycles. The predicted octanol–water partition coefficient (Wildman–Crippen LogP) is 9.69. The minimum Gasteiger partial charge on any atom is -0.457 e. The summed E-state index contributed by atoms with van der Waals surface area (Å²) in [4.78, 5) is 52.3. The first-order chi connectivity index (χ1) is 27.7. The number of imidazole rings is 2. The van der Waals surface area contributed by atoms with Crippen LogP contribution in [-0.2, 0) is 9.59 Å². The summed E-state index contributed by atoms with van der Waals surface area (Å²) < 4.78 is 6.32. The molecule has 0 bridgehead atoms. The summed E-state index contributed by atoms with van der Waals surface area (Å²) in [6, 6.07) is 34.8. The molecule has 13 heteroatoms. The first-order valence-corrected chi connectivity index (χ1v) is 19.8. The summed E-state index contributed by atoms with van der Waals surface area (Å²) in [5.74, 6) is 3.19. The number of rotatable bonds is 12. The van der Waals surface area contributed by atoms with Gasteiger partial charge in [0.2, 0.25) is 11.8 Å². The van der Waals surface area contributed by atoms with Gasteiger partial charge in [0.15, 0.2) is 0 Å². The summed E-state index contributed by atoms with van der Waals surface area (Å²) >= 11 is 0. The Hall–Kier alpha value is -5.34. The number of amides is 2. The van der Waals surface area contributed by atoms with Gasteiger partial charge < -0.3 is 24.5 Å². The van der Waals surface area contributed by atoms with Gasteiger partial charge in [0.05, 0.1) is 35.9 Å². The fraction of sp³-hybridized carbons (Fsp3) is 0.333. The highest BCUT2D eigenvalue weighted by atomic mass is 32.1. The number of hydrogen-bond donors (Lipinski definition) is 2. The molecular weight excluding hydrogens is 801 g/mol. The molecule has 0 saturated carbocycles. The van der Waals surface area contributed by atoms with Crippen molar-refractivity contribution in [3.63, 3.8) is 0 Å². The molecule has 4 atom stereocenters. The van der Waals surface area contributed by atoms with E-state index in [0.717, 1.165) is 71.0 Å². The normalized spacial score (nSPS) is 16.8. The van der Waals surface area contributed by atoms with Crippen molar-refractivity contribution < 1.29 is 14.3 Å². The van der Waals surface area contributed by atoms with E-state index in [-0.39, 0.29) is 77.8 Å². The van der Waals surface area contributed by atoms with Crippen LogP contribution in [0.1, 0.15) is 87.5 Å². The van der Waals surface area contributed by atoms with Gasteiger partial charge in [-0.1, -0.05) is 87.6 Å². The SMILES string of the molecule is C.C.CN(C)[C@@H](C(=O)N1CCC[C@H]1c1ncc(-c2ccc(Oc3cccc(-c4cnc([C@@H]5CCCN5C(=O)[C@@H](c5ccccc5)N(C)C)[nH]4)c3)cc2)[nH]1)c1ccccc1.S.S. The molecule has 2 aliphatic rings. The van der Waals surface area contributed by atoms with Crippen LogP contribution in [0.25, 0.3) is 22.5 Å². The second kappa shape index (κ2) is 21.4. The van der Waals surface area contributed by atoms with E-state index in [1.165, 1.54) is 0 Å². The van der Waals surface area contributed by atoms with Gasteiger partial charge >= 0.3 is 0 Å². The Morgan fingerprint density at radius 1 is 0.607 bits per heavy atom. The maximum atomic E-state index is 13.9. The van der Waals surface area contributed by atoms with Crippen LogP contribution in [0, 0.1) is 0 Å². The molecule has 6 aromatic rings. The highest BCUT2D eigenvalue weighted by Crippen LogP contribution is 2.37. The standard InChI is InChI=1S/C46H50N8O3.2CH4.2H2S/c1-51(2)41(32-14-7-5-8-15-32)45(55)53-26-12-20-39(53)43-47-29-37(49-43)31-22-24-35(25-23-31)57-36-19-11-18-34(28-36)38-30-48-44(50-38)40-21-13-27-54(40)46(56)42(52(3)4)33-16-9-6-10-17-33;;;;/h5-11,14-19,22-25,28-30,39-42H,12-13,20-21,26-27H2,1-4H3,(H,47,49)(H,48,50);2*1H4;2*1H2/t39-,40-,41+,42+;;;;/m0..../s1. The maximum absolute atomic E-state index is 13.9. The van der Waals surface area contributed by atoms with E-state index in [1.807, 2.05) is 169 Å². The van der Waals surface area contributed by atoms with Crippen LogP contribution in [0.5, 0.6) is 11.5 Å². The number of likely N-dealkylation sites (tertiary alicyclic amines) is 2. The van der Waals surface area contributed by atoms with Crippen molar-refractivity contribution in [3.8, 4) is 34.0 Å². The number of benzene rings is 4. The smallest absolute Gasteiger partial charge is 0.245 e. The quantitative estimate of drug-likeness (QED) is 0.126. The van der Waals surface area contributed by atoms with Gasteiger partial charge in [0.1, 0.15) is 35.2 Å². The van der Waals surface area contributed by atoms with Crippen LogP contribution in [0.4, 0.5) is 0 Å². The molecule has 2 fully saturated rings. The number of nitrogens with zero attached hydrogens (tertiary/aromatic N) is 6. The largest absolute Gasteiger partial charge is 0.457 e. The number of likely N-dealkylation sites (N-methyl/N-ethyl adjacent to an activating group) is 2. The van der Waals surface area contributed by atoms with Crippen molar-refractivity contribution in [2.45, 2.75) is 64.7 Å². The Labute approximate surface area is 375 Å². The van der Waals surface area contributed by atoms with Gasteiger partial charge in [-0.15, -0.1) is 0 Å². The zero-order chi connectivity index (χ0) is 39.5. The minimum atomic E-state index is -0.359. The molecule has 8 rings (SSSR count). The van der Waals surface area contributed by atoms with Crippen molar-refractivity contribution in [2.24, 2.45) is 0 Å². The molecule has 2 N–H and O–H groups in total. The van der Waals surface area contributed by atoms with Crippen LogP contribution < -0.4 is 4.74 Å². The number of H-pyrrole nitrogens is 2. The number of aromatic amines is 2. The second-order valence-corrected chi connectivity index (χ2v) is 15.5. The summed E-state index contributed by atoms with van der Waals surface area (Å²) in [7, 11) is 7.81. The van der Waals surface area contributed by atoms with Gasteiger partial charge in [-0.3, -0.25) is 19.4 Å². The first-order valence-electron chi connectivity index (χ1n) is 19.8. The molecule has 0 unspecified atom stereocenters. The van der Waals surface area contributed by atoms with E-state index in [4.69, 9.17) is 14.7 Å². The lowest BCUT2D eigenvalue weighted by molar-refractivity contribution is -0.138. The molecule has 0 spiro atoms. The lowest BCUT2D eigenvalue weighted by atomic mass is 10.0. The van der Waals surface area contributed by atoms with E-state index >= 15 is 0 Å². The van der Waals surface area contributed by atoms with Gasteiger partial charge in [-0.25, -0.2) is 9.97 Å². The van der Waals surface area contributed by atoms with Crippen LogP contribution in [0.15, 0.2) is 122 Å². The topological polar surface area (TPSA) is 114 Å². The summed E-state index contributed by atoms with van der Waals surface area (Å²) in [6.07, 6.45) is 7.27. The molecule has 4 aromatic carbocycles. The van der Waals surface area contributed by atoms with Gasteiger partial charge in [-0.05, 0) is 107 Å². The van der Waals surface area contributed by atoms with Crippen LogP contribution in [0.3, 0.4) is 0 Å². The Kier molecular flexibility index (Phi) is 17.0. The predicted molar refractivity (Wildman–Crippen MR) is 255 cm³/mol. The van der Waals surface area contributed by atoms with E-state index in [0.29, 0.717) is 24.6 Å². The number of carbonyl (C=O) groups is 2. The van der Waals surface area contributed by atoms with Crippen LogP contribution >= 0.6 is 27.0 Å². The third-order valence-corrected chi connectivity index (χ3v) is 11.2. The Morgan fingerprint density at radius 2 is 1.07 bits per heavy atom. The molecule has 11 nitrogen and oxygen atoms in total. The molecule has 2 aliphatic heterocycles. The summed E-state index contributed by atoms with van der Waals surface area (Å²) in [5, 5.41) is 0. The maximum Gasteiger partial charge on any atom is 0.245 e. The fourth-order valence-corrected chi connectivity index (χ4v) is 8.41. The molecule has 0 radical (unpaired) electrons. The van der Waals surface area contributed by atoms with E-state index in [2.05, 4.69) is 9.97 Å². The van der Waals surface area contributed by atoms with Crippen LogP contribution in [-0.4, -0.2) is 92.6 Å². The number of aromatic nitrogens is 4. The third-order valence-electron chi connectivity index (χ3n) is 11.2. The van der Waals surface area contributed by atoms with Crippen molar-refractivity contribution in [1.29, 1.82) is 0 Å². The number of ether oxygens (including phenoxy) is 1. The van der Waals surface area contributed by atoms with Gasteiger partial charge in [0.25, 0.3) is 0 Å². The summed E-state index contributed by atoms with van der Waals surface area (Å²) in [5.41, 5.74) is 5.65. The third kappa shape index (κ3) is 10.4. The number of nitrogens with one attached hydrogen (secondary N) is 2. The zero-order valence-electron chi connectivity index (χ0n) is 34.0. The molecular formula is C48H62N8O3S2. The lowest BCUT2D eigenvalue weighted by Gasteiger charge is -2.31. The molecule has 2 amide bonds. The van der Waals surface area contributed by atoms with Crippen molar-refractivity contribution in [1.82, 2.24) is 39.5 Å². The van der Waals surface area contributed by atoms with Crippen molar-refractivity contribution in [2.75, 3.05) is 41.3 Å². The lowest BCUT2D eigenvalue weighted by Crippen LogP contribution is -2.40. The van der Waals surface area contributed by atoms with Crippen molar-refractivity contribution in [3.05, 3.63) is 144 Å². The highest BCUT2D eigenvalue weighted by molar-refractivity contribution is 7.59. The first kappa shape index (κ1) is 48.3. The Balaban J connectivity index is 0.00000205. The Morgan fingerprint density at radius 3 is 1.52 bits per heavy atom. The van der Waals surface area contributed by atoms with E-state index < -0.39 is 0 Å².